The third kappa shape index (κ3) is 4.17. The van der Waals surface area contributed by atoms with Crippen molar-refractivity contribution < 1.29 is 9.53 Å². The van der Waals surface area contributed by atoms with Crippen LogP contribution in [0.2, 0.25) is 0 Å². The Balaban J connectivity index is 1.83. The van der Waals surface area contributed by atoms with Crippen molar-refractivity contribution >= 4 is 11.6 Å². The molecule has 0 unspecified atom stereocenters. The summed E-state index contributed by atoms with van der Waals surface area (Å²) in [6.45, 7) is 1.45. The molecule has 4 nitrogen and oxygen atoms in total. The Morgan fingerprint density at radius 2 is 2.29 bits per heavy atom. The SMILES string of the molecule is NCC(=O)Nc1cccc(COCC2CC2)c1. The summed E-state index contributed by atoms with van der Waals surface area (Å²) >= 11 is 0. The highest BCUT2D eigenvalue weighted by Gasteiger charge is 2.20. The maximum atomic E-state index is 11.1. The molecule has 17 heavy (non-hydrogen) atoms. The van der Waals surface area contributed by atoms with Crippen LogP contribution < -0.4 is 11.1 Å². The van der Waals surface area contributed by atoms with Crippen molar-refractivity contribution in [2.45, 2.75) is 19.4 Å². The lowest BCUT2D eigenvalue weighted by molar-refractivity contribution is -0.114. The second kappa shape index (κ2) is 5.80. The van der Waals surface area contributed by atoms with Crippen molar-refractivity contribution in [1.29, 1.82) is 0 Å². The number of carbonyl (C=O) groups is 1. The predicted octanol–water partition coefficient (Wildman–Crippen LogP) is 1.51. The molecule has 0 spiro atoms. The fourth-order valence-corrected chi connectivity index (χ4v) is 1.58. The monoisotopic (exact) mass is 234 g/mol. The van der Waals surface area contributed by atoms with E-state index in [4.69, 9.17) is 10.5 Å². The third-order valence-corrected chi connectivity index (χ3v) is 2.72. The summed E-state index contributed by atoms with van der Waals surface area (Å²) in [5, 5.41) is 2.72. The molecule has 0 heterocycles. The van der Waals surface area contributed by atoms with Gasteiger partial charge in [0.25, 0.3) is 0 Å². The van der Waals surface area contributed by atoms with Crippen molar-refractivity contribution in [3.63, 3.8) is 0 Å². The first-order chi connectivity index (χ1) is 8.28. The summed E-state index contributed by atoms with van der Waals surface area (Å²) in [6, 6.07) is 7.66. The molecule has 1 aromatic carbocycles. The third-order valence-electron chi connectivity index (χ3n) is 2.72. The van der Waals surface area contributed by atoms with Crippen LogP contribution in [0.5, 0.6) is 0 Å². The van der Waals surface area contributed by atoms with Gasteiger partial charge in [0.15, 0.2) is 0 Å². The van der Waals surface area contributed by atoms with Crippen LogP contribution in [0.3, 0.4) is 0 Å². The molecule has 2 rings (SSSR count). The molecule has 1 saturated carbocycles. The van der Waals surface area contributed by atoms with Crippen LogP contribution >= 0.6 is 0 Å². The molecule has 1 aromatic rings. The Morgan fingerprint density at radius 1 is 1.47 bits per heavy atom. The molecule has 1 aliphatic rings. The zero-order valence-corrected chi connectivity index (χ0v) is 9.82. The van der Waals surface area contributed by atoms with Crippen LogP contribution in [0.4, 0.5) is 5.69 Å². The fourth-order valence-electron chi connectivity index (χ4n) is 1.58. The average Bonchev–Trinajstić information content (AvgIpc) is 3.13. The van der Waals surface area contributed by atoms with E-state index < -0.39 is 0 Å². The molecule has 0 bridgehead atoms. The van der Waals surface area contributed by atoms with Gasteiger partial charge in [-0.25, -0.2) is 0 Å². The fraction of sp³-hybridized carbons (Fsp3) is 0.462. The number of benzene rings is 1. The van der Waals surface area contributed by atoms with E-state index >= 15 is 0 Å². The number of amides is 1. The van der Waals surface area contributed by atoms with Crippen molar-refractivity contribution in [3.05, 3.63) is 29.8 Å². The Morgan fingerprint density at radius 3 is 3.00 bits per heavy atom. The Bertz CT molecular complexity index is 389. The van der Waals surface area contributed by atoms with Crippen LogP contribution in [0, 0.1) is 5.92 Å². The Hall–Kier alpha value is -1.39. The zero-order valence-electron chi connectivity index (χ0n) is 9.82. The van der Waals surface area contributed by atoms with Gasteiger partial charge < -0.3 is 15.8 Å². The maximum Gasteiger partial charge on any atom is 0.238 e. The highest BCUT2D eigenvalue weighted by molar-refractivity contribution is 5.92. The van der Waals surface area contributed by atoms with Crippen molar-refractivity contribution in [3.8, 4) is 0 Å². The van der Waals surface area contributed by atoms with Crippen LogP contribution in [0.1, 0.15) is 18.4 Å². The minimum Gasteiger partial charge on any atom is -0.376 e. The van der Waals surface area contributed by atoms with E-state index in [1.54, 1.807) is 0 Å². The van der Waals surface area contributed by atoms with E-state index in [9.17, 15) is 4.79 Å². The number of ether oxygens (including phenoxy) is 1. The first-order valence-corrected chi connectivity index (χ1v) is 5.94. The molecule has 0 radical (unpaired) electrons. The van der Waals surface area contributed by atoms with Gasteiger partial charge in [-0.3, -0.25) is 4.79 Å². The number of anilines is 1. The van der Waals surface area contributed by atoms with Crippen molar-refractivity contribution in [2.24, 2.45) is 11.7 Å². The van der Waals surface area contributed by atoms with Crippen LogP contribution in [-0.2, 0) is 16.1 Å². The van der Waals surface area contributed by atoms with E-state index in [1.807, 2.05) is 24.3 Å². The quantitative estimate of drug-likeness (QED) is 0.784. The number of hydrogen-bond acceptors (Lipinski definition) is 3. The number of carbonyl (C=O) groups excluding carboxylic acids is 1. The summed E-state index contributed by atoms with van der Waals surface area (Å²) < 4.78 is 5.59. The Labute approximate surface area is 101 Å². The lowest BCUT2D eigenvalue weighted by Gasteiger charge is -2.07. The maximum absolute atomic E-state index is 11.1. The molecule has 0 atom stereocenters. The van der Waals surface area contributed by atoms with E-state index in [0.717, 1.165) is 23.8 Å². The predicted molar refractivity (Wildman–Crippen MR) is 66.5 cm³/mol. The molecule has 0 saturated heterocycles. The summed E-state index contributed by atoms with van der Waals surface area (Å²) in [4.78, 5) is 11.1. The lowest BCUT2D eigenvalue weighted by atomic mass is 10.2. The minimum atomic E-state index is -0.180. The Kier molecular flexibility index (Phi) is 4.12. The van der Waals surface area contributed by atoms with Gasteiger partial charge in [0.1, 0.15) is 0 Å². The first-order valence-electron chi connectivity index (χ1n) is 5.94. The molecular formula is C13H18N2O2. The second-order valence-electron chi connectivity index (χ2n) is 4.41. The lowest BCUT2D eigenvalue weighted by Crippen LogP contribution is -2.21. The van der Waals surface area contributed by atoms with Gasteiger partial charge in [0.2, 0.25) is 5.91 Å². The summed E-state index contributed by atoms with van der Waals surface area (Å²) in [5.41, 5.74) is 7.08. The number of rotatable bonds is 6. The van der Waals surface area contributed by atoms with Gasteiger partial charge in [-0.15, -0.1) is 0 Å². The molecule has 1 aliphatic carbocycles. The summed E-state index contributed by atoms with van der Waals surface area (Å²) in [6.07, 6.45) is 2.60. The summed E-state index contributed by atoms with van der Waals surface area (Å²) in [7, 11) is 0. The standard InChI is InChI=1S/C13H18N2O2/c14-7-13(16)15-12-3-1-2-11(6-12)9-17-8-10-4-5-10/h1-3,6,10H,4-5,7-9,14H2,(H,15,16). The first kappa shape index (κ1) is 12.1. The number of nitrogens with one attached hydrogen (secondary N) is 1. The zero-order chi connectivity index (χ0) is 12.1. The van der Waals surface area contributed by atoms with E-state index in [-0.39, 0.29) is 12.5 Å². The van der Waals surface area contributed by atoms with Gasteiger partial charge in [0, 0.05) is 12.3 Å². The van der Waals surface area contributed by atoms with E-state index in [0.29, 0.717) is 6.61 Å². The highest BCUT2D eigenvalue weighted by atomic mass is 16.5. The van der Waals surface area contributed by atoms with Crippen molar-refractivity contribution in [1.82, 2.24) is 0 Å². The minimum absolute atomic E-state index is 0.00239. The molecule has 92 valence electrons. The molecule has 1 amide bonds. The van der Waals surface area contributed by atoms with Gasteiger partial charge in [0.05, 0.1) is 13.2 Å². The smallest absolute Gasteiger partial charge is 0.238 e. The molecule has 0 aromatic heterocycles. The summed E-state index contributed by atoms with van der Waals surface area (Å²) in [5.74, 6) is 0.594. The van der Waals surface area contributed by atoms with Crippen LogP contribution in [0.25, 0.3) is 0 Å². The average molecular weight is 234 g/mol. The molecule has 3 N–H and O–H groups in total. The molecule has 0 aliphatic heterocycles. The normalized spacial score (nSPS) is 14.6. The molecule has 1 fully saturated rings. The number of hydrogen-bond donors (Lipinski definition) is 2. The van der Waals surface area contributed by atoms with Gasteiger partial charge in [-0.05, 0) is 36.5 Å². The molecule has 4 heteroatoms. The van der Waals surface area contributed by atoms with E-state index in [2.05, 4.69) is 5.32 Å². The van der Waals surface area contributed by atoms with Crippen LogP contribution in [-0.4, -0.2) is 19.1 Å². The van der Waals surface area contributed by atoms with Gasteiger partial charge in [-0.2, -0.15) is 0 Å². The van der Waals surface area contributed by atoms with E-state index in [1.165, 1.54) is 12.8 Å². The molecular weight excluding hydrogens is 216 g/mol. The van der Waals surface area contributed by atoms with Crippen LogP contribution in [0.15, 0.2) is 24.3 Å². The largest absolute Gasteiger partial charge is 0.376 e. The second-order valence-corrected chi connectivity index (χ2v) is 4.41. The topological polar surface area (TPSA) is 64.4 Å². The van der Waals surface area contributed by atoms with Gasteiger partial charge >= 0.3 is 0 Å². The van der Waals surface area contributed by atoms with Crippen molar-refractivity contribution in [2.75, 3.05) is 18.5 Å². The highest BCUT2D eigenvalue weighted by Crippen LogP contribution is 2.29. The number of nitrogens with two attached hydrogens (primary N) is 1. The van der Waals surface area contributed by atoms with Gasteiger partial charge in [-0.1, -0.05) is 12.1 Å².